The predicted octanol–water partition coefficient (Wildman–Crippen LogP) is 5.62. The second-order valence-electron chi connectivity index (χ2n) is 7.62. The quantitative estimate of drug-likeness (QED) is 0.250. The third-order valence-corrected chi connectivity index (χ3v) is 6.02. The average molecular weight is 441 g/mol. The van der Waals surface area contributed by atoms with E-state index in [1.807, 2.05) is 55.5 Å². The third-order valence-electron chi connectivity index (χ3n) is 5.62. The first kappa shape index (κ1) is 20.0. The van der Waals surface area contributed by atoms with Gasteiger partial charge < -0.3 is 0 Å². The van der Waals surface area contributed by atoms with E-state index in [-0.39, 0.29) is 5.57 Å². The summed E-state index contributed by atoms with van der Waals surface area (Å²) in [5.74, 6) is -1.43. The van der Waals surface area contributed by atoms with Crippen LogP contribution in [0.3, 0.4) is 0 Å². The summed E-state index contributed by atoms with van der Waals surface area (Å²) >= 11 is 6.20. The van der Waals surface area contributed by atoms with Gasteiger partial charge >= 0.3 is 6.03 Å². The van der Waals surface area contributed by atoms with Crippen LogP contribution in [-0.2, 0) is 9.59 Å². The van der Waals surface area contributed by atoms with E-state index in [1.165, 1.54) is 6.07 Å². The van der Waals surface area contributed by atoms with Gasteiger partial charge in [0, 0.05) is 5.02 Å². The van der Waals surface area contributed by atoms with Gasteiger partial charge in [-0.05, 0) is 63.9 Å². The van der Waals surface area contributed by atoms with Crippen LogP contribution in [0.4, 0.5) is 10.5 Å². The lowest BCUT2D eigenvalue weighted by Gasteiger charge is -2.26. The van der Waals surface area contributed by atoms with Crippen molar-refractivity contribution in [3.63, 3.8) is 0 Å². The van der Waals surface area contributed by atoms with Crippen LogP contribution in [0.25, 0.3) is 27.6 Å². The number of anilines is 1. The molecule has 1 N–H and O–H groups in total. The smallest absolute Gasteiger partial charge is 0.273 e. The van der Waals surface area contributed by atoms with E-state index in [0.717, 1.165) is 37.6 Å². The van der Waals surface area contributed by atoms with Gasteiger partial charge in [0.05, 0.1) is 5.69 Å². The van der Waals surface area contributed by atoms with Crippen molar-refractivity contribution in [3.8, 4) is 0 Å². The molecule has 6 heteroatoms. The van der Waals surface area contributed by atoms with Gasteiger partial charge in [0.25, 0.3) is 11.8 Å². The lowest BCUT2D eigenvalue weighted by Crippen LogP contribution is -2.54. The van der Waals surface area contributed by atoms with Gasteiger partial charge in [-0.15, -0.1) is 0 Å². The molecule has 0 radical (unpaired) electrons. The number of hydrogen-bond donors (Lipinski definition) is 1. The topological polar surface area (TPSA) is 66.5 Å². The minimum atomic E-state index is -0.806. The number of barbiturate groups is 1. The van der Waals surface area contributed by atoms with Gasteiger partial charge in [-0.1, -0.05) is 66.2 Å². The van der Waals surface area contributed by atoms with Crippen molar-refractivity contribution in [2.24, 2.45) is 0 Å². The molecule has 1 saturated heterocycles. The van der Waals surface area contributed by atoms with Crippen molar-refractivity contribution in [2.45, 2.75) is 6.92 Å². The van der Waals surface area contributed by atoms with Crippen molar-refractivity contribution in [2.75, 3.05) is 4.90 Å². The molecule has 4 aromatic carbocycles. The van der Waals surface area contributed by atoms with E-state index in [1.54, 1.807) is 18.2 Å². The Bertz CT molecular complexity index is 1440. The summed E-state index contributed by atoms with van der Waals surface area (Å²) in [6.07, 6.45) is 1.57. The Morgan fingerprint density at radius 2 is 1.47 bits per heavy atom. The standard InChI is InChI=1S/C26H17ClN2O3/c1-15-10-11-18(13-23(15)27)29-25(31)22(24(30)28-26(29)32)14-21-19-8-4-2-6-16(19)12-17-7-3-5-9-20(17)21/h2-14H,1H3,(H,28,30,32)/b22-14-. The normalized spacial score (nSPS) is 15.6. The molecule has 1 fully saturated rings. The number of nitrogens with one attached hydrogen (secondary N) is 1. The lowest BCUT2D eigenvalue weighted by atomic mass is 9.94. The molecule has 156 valence electrons. The van der Waals surface area contributed by atoms with Crippen LogP contribution in [0.5, 0.6) is 0 Å². The number of nitrogens with zero attached hydrogens (tertiary/aromatic N) is 1. The van der Waals surface area contributed by atoms with Crippen molar-refractivity contribution < 1.29 is 14.4 Å². The zero-order valence-electron chi connectivity index (χ0n) is 17.1. The highest BCUT2D eigenvalue weighted by molar-refractivity contribution is 6.40. The predicted molar refractivity (Wildman–Crippen MR) is 127 cm³/mol. The fourth-order valence-corrected chi connectivity index (χ4v) is 4.14. The van der Waals surface area contributed by atoms with Gasteiger partial charge in [0.15, 0.2) is 0 Å². The Labute approximate surface area is 188 Å². The molecule has 1 heterocycles. The second-order valence-corrected chi connectivity index (χ2v) is 8.03. The summed E-state index contributed by atoms with van der Waals surface area (Å²) in [6, 6.07) is 21.7. The van der Waals surface area contributed by atoms with Crippen molar-refractivity contribution in [3.05, 3.63) is 94.5 Å². The number of imide groups is 2. The summed E-state index contributed by atoms with van der Waals surface area (Å²) in [4.78, 5) is 39.5. The molecule has 0 spiro atoms. The van der Waals surface area contributed by atoms with Crippen molar-refractivity contribution in [1.82, 2.24) is 5.32 Å². The van der Waals surface area contributed by atoms with Gasteiger partial charge in [-0.25, -0.2) is 9.69 Å². The number of benzene rings is 4. The number of rotatable bonds is 2. The molecular weight excluding hydrogens is 424 g/mol. The van der Waals surface area contributed by atoms with Gasteiger partial charge in [-0.3, -0.25) is 14.9 Å². The molecule has 0 atom stereocenters. The van der Waals surface area contributed by atoms with E-state index in [9.17, 15) is 14.4 Å². The number of carbonyl (C=O) groups excluding carboxylic acids is 3. The number of urea groups is 1. The Hall–Kier alpha value is -3.96. The third kappa shape index (κ3) is 3.24. The summed E-state index contributed by atoms with van der Waals surface area (Å²) in [5.41, 5.74) is 1.73. The summed E-state index contributed by atoms with van der Waals surface area (Å²) in [7, 11) is 0. The molecule has 0 aliphatic carbocycles. The molecule has 0 bridgehead atoms. The molecule has 5 nitrogen and oxygen atoms in total. The number of fused-ring (bicyclic) bond motifs is 2. The van der Waals surface area contributed by atoms with Crippen LogP contribution >= 0.6 is 11.6 Å². The Morgan fingerprint density at radius 3 is 2.09 bits per heavy atom. The molecule has 0 saturated carbocycles. The van der Waals surface area contributed by atoms with Crippen LogP contribution in [-0.4, -0.2) is 17.8 Å². The fourth-order valence-electron chi connectivity index (χ4n) is 3.96. The number of amides is 4. The van der Waals surface area contributed by atoms with Crippen molar-refractivity contribution >= 4 is 62.8 Å². The van der Waals surface area contributed by atoms with E-state index < -0.39 is 17.8 Å². The Kier molecular flexibility index (Phi) is 4.76. The molecule has 32 heavy (non-hydrogen) atoms. The number of hydrogen-bond acceptors (Lipinski definition) is 3. The molecule has 4 amide bonds. The van der Waals surface area contributed by atoms with Crippen LogP contribution in [0.1, 0.15) is 11.1 Å². The van der Waals surface area contributed by atoms with Gasteiger partial charge in [0.2, 0.25) is 0 Å². The molecule has 4 aromatic rings. The largest absolute Gasteiger partial charge is 0.335 e. The fraction of sp³-hybridized carbons (Fsp3) is 0.0385. The first-order valence-corrected chi connectivity index (χ1v) is 10.4. The summed E-state index contributed by atoms with van der Waals surface area (Å²) in [6.45, 7) is 1.82. The first-order valence-electron chi connectivity index (χ1n) is 10.0. The molecule has 1 aliphatic heterocycles. The highest BCUT2D eigenvalue weighted by Crippen LogP contribution is 2.32. The maximum absolute atomic E-state index is 13.4. The van der Waals surface area contributed by atoms with Gasteiger partial charge in [0.1, 0.15) is 5.57 Å². The van der Waals surface area contributed by atoms with E-state index in [2.05, 4.69) is 11.4 Å². The molecule has 5 rings (SSSR count). The minimum Gasteiger partial charge on any atom is -0.273 e. The zero-order chi connectivity index (χ0) is 22.4. The van der Waals surface area contributed by atoms with Gasteiger partial charge in [-0.2, -0.15) is 0 Å². The second kappa shape index (κ2) is 7.62. The van der Waals surface area contributed by atoms with Crippen molar-refractivity contribution in [1.29, 1.82) is 0 Å². The first-order chi connectivity index (χ1) is 15.4. The lowest BCUT2D eigenvalue weighted by molar-refractivity contribution is -0.122. The Balaban J connectivity index is 1.71. The Morgan fingerprint density at radius 1 is 0.844 bits per heavy atom. The van der Waals surface area contributed by atoms with Crippen LogP contribution in [0.2, 0.25) is 5.02 Å². The number of aryl methyl sites for hydroxylation is 1. The van der Waals surface area contributed by atoms with E-state index in [4.69, 9.17) is 11.6 Å². The maximum atomic E-state index is 13.4. The molecular formula is C26H17ClN2O3. The monoisotopic (exact) mass is 440 g/mol. The zero-order valence-corrected chi connectivity index (χ0v) is 17.8. The number of carbonyl (C=O) groups is 3. The van der Waals surface area contributed by atoms with Crippen LogP contribution in [0.15, 0.2) is 78.4 Å². The average Bonchev–Trinajstić information content (AvgIpc) is 2.78. The van der Waals surface area contributed by atoms with Crippen LogP contribution in [0, 0.1) is 6.92 Å². The molecule has 0 aromatic heterocycles. The molecule has 1 aliphatic rings. The van der Waals surface area contributed by atoms with E-state index in [0.29, 0.717) is 10.7 Å². The molecule has 0 unspecified atom stereocenters. The highest BCUT2D eigenvalue weighted by atomic mass is 35.5. The maximum Gasteiger partial charge on any atom is 0.335 e. The SMILES string of the molecule is Cc1ccc(N2C(=O)NC(=O)/C(=C/c3c4ccccc4cc4ccccc34)C2=O)cc1Cl. The number of halogens is 1. The summed E-state index contributed by atoms with van der Waals surface area (Å²) < 4.78 is 0. The van der Waals surface area contributed by atoms with E-state index >= 15 is 0 Å². The summed E-state index contributed by atoms with van der Waals surface area (Å²) in [5, 5.41) is 6.48. The highest BCUT2D eigenvalue weighted by Gasteiger charge is 2.37. The minimum absolute atomic E-state index is 0.122. The van der Waals surface area contributed by atoms with Crippen LogP contribution < -0.4 is 10.2 Å².